The van der Waals surface area contributed by atoms with Crippen molar-refractivity contribution in [2.45, 2.75) is 38.8 Å². The van der Waals surface area contributed by atoms with Crippen molar-refractivity contribution < 1.29 is 4.74 Å². The molecule has 1 saturated carbocycles. The van der Waals surface area contributed by atoms with Crippen LogP contribution in [0.5, 0.6) is 0 Å². The van der Waals surface area contributed by atoms with E-state index in [4.69, 9.17) is 10.5 Å². The van der Waals surface area contributed by atoms with Crippen LogP contribution < -0.4 is 11.1 Å². The number of rotatable bonds is 4. The Hall–Kier alpha value is -1.22. The Kier molecular flexibility index (Phi) is 3.34. The molecule has 3 N–H and O–H groups in total. The Morgan fingerprint density at radius 2 is 2.19 bits per heavy atom. The molecule has 1 aromatic rings. The highest BCUT2D eigenvalue weighted by atomic mass is 16.5. The molecular weight excluding hydrogens is 200 g/mol. The van der Waals surface area contributed by atoms with Crippen molar-refractivity contribution in [3.8, 4) is 0 Å². The van der Waals surface area contributed by atoms with Gasteiger partial charge in [-0.15, -0.1) is 0 Å². The molecule has 3 nitrogen and oxygen atoms in total. The summed E-state index contributed by atoms with van der Waals surface area (Å²) in [6.45, 7) is 4.96. The van der Waals surface area contributed by atoms with Crippen LogP contribution in [-0.2, 0) is 4.74 Å². The molecule has 1 fully saturated rings. The van der Waals surface area contributed by atoms with Crippen molar-refractivity contribution in [2.24, 2.45) is 0 Å². The normalized spacial score (nSPS) is 23.9. The molecule has 16 heavy (non-hydrogen) atoms. The summed E-state index contributed by atoms with van der Waals surface area (Å²) in [6.07, 6.45) is 2.65. The average Bonchev–Trinajstić information content (AvgIpc) is 2.20. The van der Waals surface area contributed by atoms with Crippen molar-refractivity contribution in [1.29, 1.82) is 0 Å². The number of hydrogen-bond donors (Lipinski definition) is 2. The molecule has 0 saturated heterocycles. The third-order valence-corrected chi connectivity index (χ3v) is 3.12. The predicted molar refractivity (Wildman–Crippen MR) is 67.7 cm³/mol. The molecule has 0 unspecified atom stereocenters. The number of nitrogens with one attached hydrogen (secondary N) is 1. The van der Waals surface area contributed by atoms with Gasteiger partial charge in [0.2, 0.25) is 0 Å². The van der Waals surface area contributed by atoms with Crippen LogP contribution in [0.3, 0.4) is 0 Å². The first-order valence-corrected chi connectivity index (χ1v) is 5.93. The third kappa shape index (κ3) is 2.47. The summed E-state index contributed by atoms with van der Waals surface area (Å²) < 4.78 is 5.54. The van der Waals surface area contributed by atoms with Crippen LogP contribution in [-0.4, -0.2) is 18.8 Å². The van der Waals surface area contributed by atoms with Crippen LogP contribution in [0.4, 0.5) is 11.4 Å². The second-order valence-electron chi connectivity index (χ2n) is 4.46. The third-order valence-electron chi connectivity index (χ3n) is 3.12. The maximum Gasteiger partial charge on any atom is 0.0614 e. The van der Waals surface area contributed by atoms with Gasteiger partial charge in [-0.2, -0.15) is 0 Å². The molecule has 0 radical (unpaired) electrons. The molecule has 0 amide bonds. The summed E-state index contributed by atoms with van der Waals surface area (Å²) in [5, 5.41) is 3.52. The molecule has 1 aliphatic carbocycles. The summed E-state index contributed by atoms with van der Waals surface area (Å²) >= 11 is 0. The minimum atomic E-state index is 0.448. The number of hydrogen-bond acceptors (Lipinski definition) is 3. The van der Waals surface area contributed by atoms with Gasteiger partial charge >= 0.3 is 0 Å². The number of nitrogen functional groups attached to an aromatic ring is 1. The lowest BCUT2D eigenvalue weighted by atomic mass is 9.89. The lowest BCUT2D eigenvalue weighted by Gasteiger charge is -2.36. The van der Waals surface area contributed by atoms with E-state index in [-0.39, 0.29) is 0 Å². The largest absolute Gasteiger partial charge is 0.399 e. The maximum atomic E-state index is 5.77. The van der Waals surface area contributed by atoms with Crippen molar-refractivity contribution in [1.82, 2.24) is 0 Å². The number of nitrogens with two attached hydrogens (primary N) is 1. The summed E-state index contributed by atoms with van der Waals surface area (Å²) in [7, 11) is 0. The molecule has 0 heterocycles. The van der Waals surface area contributed by atoms with E-state index in [2.05, 4.69) is 18.3 Å². The van der Waals surface area contributed by atoms with Gasteiger partial charge in [0.1, 0.15) is 0 Å². The van der Waals surface area contributed by atoms with Crippen molar-refractivity contribution in [3.05, 3.63) is 23.8 Å². The number of ether oxygens (including phenoxy) is 1. The zero-order valence-corrected chi connectivity index (χ0v) is 9.99. The predicted octanol–water partition coefficient (Wildman–Crippen LogP) is 2.56. The quantitative estimate of drug-likeness (QED) is 0.767. The highest BCUT2D eigenvalue weighted by Crippen LogP contribution is 2.28. The molecule has 0 atom stereocenters. The van der Waals surface area contributed by atoms with Gasteiger partial charge in [-0.3, -0.25) is 0 Å². The van der Waals surface area contributed by atoms with Crippen LogP contribution in [0.1, 0.15) is 25.3 Å². The van der Waals surface area contributed by atoms with Gasteiger partial charge in [-0.1, -0.05) is 6.07 Å². The van der Waals surface area contributed by atoms with Gasteiger partial charge in [0.05, 0.1) is 6.10 Å². The van der Waals surface area contributed by atoms with E-state index in [9.17, 15) is 0 Å². The second kappa shape index (κ2) is 4.74. The van der Waals surface area contributed by atoms with E-state index in [1.807, 2.05) is 19.1 Å². The number of benzene rings is 1. The molecule has 0 aromatic heterocycles. The Morgan fingerprint density at radius 3 is 2.88 bits per heavy atom. The molecule has 3 heteroatoms. The van der Waals surface area contributed by atoms with Crippen LogP contribution in [0.2, 0.25) is 0 Å². The first kappa shape index (κ1) is 11.3. The first-order valence-electron chi connectivity index (χ1n) is 5.93. The lowest BCUT2D eigenvalue weighted by Crippen LogP contribution is -2.40. The van der Waals surface area contributed by atoms with Gasteiger partial charge < -0.3 is 15.8 Å². The standard InChI is InChI=1S/C13H20N2O/c1-3-16-12-7-11(8-12)15-13-6-10(14)5-4-9(13)2/h4-6,11-12,15H,3,7-8,14H2,1-2H3. The first-order chi connectivity index (χ1) is 7.69. The molecular formula is C13H20N2O. The maximum absolute atomic E-state index is 5.77. The highest BCUT2D eigenvalue weighted by molar-refractivity contribution is 5.59. The zero-order chi connectivity index (χ0) is 11.5. The summed E-state index contributed by atoms with van der Waals surface area (Å²) in [4.78, 5) is 0. The fraction of sp³-hybridized carbons (Fsp3) is 0.538. The smallest absolute Gasteiger partial charge is 0.0614 e. The van der Waals surface area contributed by atoms with E-state index in [0.717, 1.165) is 30.8 Å². The summed E-state index contributed by atoms with van der Waals surface area (Å²) in [5.41, 5.74) is 8.98. The molecule has 1 aromatic carbocycles. The summed E-state index contributed by atoms with van der Waals surface area (Å²) in [6, 6.07) is 6.53. The molecule has 0 bridgehead atoms. The van der Waals surface area contributed by atoms with E-state index in [1.165, 1.54) is 5.56 Å². The number of aryl methyl sites for hydroxylation is 1. The van der Waals surface area contributed by atoms with Crippen molar-refractivity contribution >= 4 is 11.4 Å². The van der Waals surface area contributed by atoms with E-state index >= 15 is 0 Å². The van der Waals surface area contributed by atoms with E-state index in [0.29, 0.717) is 12.1 Å². The SMILES string of the molecule is CCOC1CC(Nc2cc(N)ccc2C)C1. The van der Waals surface area contributed by atoms with Gasteiger partial charge in [0, 0.05) is 24.0 Å². The van der Waals surface area contributed by atoms with Crippen LogP contribution in [0, 0.1) is 6.92 Å². The van der Waals surface area contributed by atoms with Gasteiger partial charge in [-0.25, -0.2) is 0 Å². The van der Waals surface area contributed by atoms with Crippen molar-refractivity contribution in [3.63, 3.8) is 0 Å². The van der Waals surface area contributed by atoms with Gasteiger partial charge in [-0.05, 0) is 44.4 Å². The second-order valence-corrected chi connectivity index (χ2v) is 4.46. The Labute approximate surface area is 97.0 Å². The Morgan fingerprint density at radius 1 is 1.44 bits per heavy atom. The minimum absolute atomic E-state index is 0.448. The van der Waals surface area contributed by atoms with Crippen LogP contribution >= 0.6 is 0 Å². The zero-order valence-electron chi connectivity index (χ0n) is 9.99. The van der Waals surface area contributed by atoms with E-state index < -0.39 is 0 Å². The van der Waals surface area contributed by atoms with Crippen molar-refractivity contribution in [2.75, 3.05) is 17.7 Å². The van der Waals surface area contributed by atoms with E-state index in [1.54, 1.807) is 0 Å². The fourth-order valence-corrected chi connectivity index (χ4v) is 2.07. The van der Waals surface area contributed by atoms with Crippen LogP contribution in [0.25, 0.3) is 0 Å². The lowest BCUT2D eigenvalue weighted by molar-refractivity contribution is 0.00298. The highest BCUT2D eigenvalue weighted by Gasteiger charge is 2.29. The molecule has 1 aliphatic rings. The summed E-state index contributed by atoms with van der Waals surface area (Å²) in [5.74, 6) is 0. The molecule has 88 valence electrons. The minimum Gasteiger partial charge on any atom is -0.399 e. The van der Waals surface area contributed by atoms with Gasteiger partial charge in [0.25, 0.3) is 0 Å². The molecule has 2 rings (SSSR count). The van der Waals surface area contributed by atoms with Crippen LogP contribution in [0.15, 0.2) is 18.2 Å². The molecule has 0 spiro atoms. The Bertz CT molecular complexity index is 359. The topological polar surface area (TPSA) is 47.3 Å². The van der Waals surface area contributed by atoms with Gasteiger partial charge in [0.15, 0.2) is 0 Å². The average molecular weight is 220 g/mol. The Balaban J connectivity index is 1.89. The monoisotopic (exact) mass is 220 g/mol. The number of anilines is 2. The fourth-order valence-electron chi connectivity index (χ4n) is 2.07. The molecule has 0 aliphatic heterocycles.